The molecule has 0 radical (unpaired) electrons. The molecule has 3 nitrogen and oxygen atoms in total. The van der Waals surface area contributed by atoms with E-state index in [1.54, 1.807) is 18.2 Å². The second kappa shape index (κ2) is 6.03. The maximum atomic E-state index is 13.5. The largest absolute Gasteiger partial charge is 0.293 e. The number of benzene rings is 2. The molecule has 21 heavy (non-hydrogen) atoms. The minimum absolute atomic E-state index is 0.184. The van der Waals surface area contributed by atoms with Crippen molar-refractivity contribution in [1.82, 2.24) is 0 Å². The van der Waals surface area contributed by atoms with Crippen molar-refractivity contribution in [1.29, 1.82) is 0 Å². The molecule has 0 saturated heterocycles. The molecule has 0 aliphatic rings. The molecule has 0 N–H and O–H groups in total. The molecular weight excluding hydrogens is 366 g/mol. The summed E-state index contributed by atoms with van der Waals surface area (Å²) < 4.78 is 50.9. The standard InChI is InChI=1S/C14H9BrF2O3S/c15-11-4-2-1-3-10(11)13(18)8-21(19,20)14-6-5-9(16)7-12(14)17/h1-7H,8H2. The van der Waals surface area contributed by atoms with E-state index in [-0.39, 0.29) is 5.56 Å². The molecule has 7 heteroatoms. The van der Waals surface area contributed by atoms with E-state index >= 15 is 0 Å². The molecule has 110 valence electrons. The molecule has 0 spiro atoms. The third-order valence-electron chi connectivity index (χ3n) is 2.72. The highest BCUT2D eigenvalue weighted by Gasteiger charge is 2.24. The molecule has 2 rings (SSSR count). The Morgan fingerprint density at radius 1 is 1.10 bits per heavy atom. The van der Waals surface area contributed by atoms with Gasteiger partial charge in [0.1, 0.15) is 22.3 Å². The highest BCUT2D eigenvalue weighted by atomic mass is 79.9. The lowest BCUT2D eigenvalue weighted by Gasteiger charge is -2.06. The zero-order valence-electron chi connectivity index (χ0n) is 10.5. The van der Waals surface area contributed by atoms with Gasteiger partial charge in [-0.25, -0.2) is 17.2 Å². The predicted octanol–water partition coefficient (Wildman–Crippen LogP) is 3.38. The first-order valence-corrected chi connectivity index (χ1v) is 8.21. The quantitative estimate of drug-likeness (QED) is 0.608. The number of ketones is 1. The van der Waals surface area contributed by atoms with Gasteiger partial charge >= 0.3 is 0 Å². The van der Waals surface area contributed by atoms with Crippen LogP contribution in [-0.2, 0) is 9.84 Å². The van der Waals surface area contributed by atoms with E-state index in [1.165, 1.54) is 6.07 Å². The first-order chi connectivity index (χ1) is 9.81. The average Bonchev–Trinajstić information content (AvgIpc) is 2.37. The van der Waals surface area contributed by atoms with Gasteiger partial charge in [-0.3, -0.25) is 4.79 Å². The Hall–Kier alpha value is -1.60. The maximum absolute atomic E-state index is 13.5. The molecular formula is C14H9BrF2O3S. The van der Waals surface area contributed by atoms with E-state index in [0.717, 1.165) is 12.1 Å². The van der Waals surface area contributed by atoms with Crippen LogP contribution in [0.25, 0.3) is 0 Å². The van der Waals surface area contributed by atoms with Crippen LogP contribution in [-0.4, -0.2) is 20.0 Å². The van der Waals surface area contributed by atoms with Crippen molar-refractivity contribution in [3.05, 3.63) is 64.1 Å². The number of hydrogen-bond acceptors (Lipinski definition) is 3. The summed E-state index contributed by atoms with van der Waals surface area (Å²) in [4.78, 5) is 11.3. The monoisotopic (exact) mass is 374 g/mol. The number of carbonyl (C=O) groups excluding carboxylic acids is 1. The van der Waals surface area contributed by atoms with Gasteiger partial charge in [0, 0.05) is 16.1 Å². The third-order valence-corrected chi connectivity index (χ3v) is 5.06. The van der Waals surface area contributed by atoms with E-state index in [4.69, 9.17) is 0 Å². The van der Waals surface area contributed by atoms with Crippen LogP contribution in [0.5, 0.6) is 0 Å². The zero-order chi connectivity index (χ0) is 15.6. The van der Waals surface area contributed by atoms with Gasteiger partial charge in [0.25, 0.3) is 0 Å². The average molecular weight is 375 g/mol. The zero-order valence-corrected chi connectivity index (χ0v) is 12.9. The summed E-state index contributed by atoms with van der Waals surface area (Å²) in [7, 11) is -4.18. The van der Waals surface area contributed by atoms with Gasteiger partial charge in [0.2, 0.25) is 0 Å². The predicted molar refractivity (Wildman–Crippen MR) is 76.9 cm³/mol. The molecule has 2 aromatic rings. The number of carbonyl (C=O) groups is 1. The fourth-order valence-electron chi connectivity index (χ4n) is 1.74. The SMILES string of the molecule is O=C(CS(=O)(=O)c1ccc(F)cc1F)c1ccccc1Br. The van der Waals surface area contributed by atoms with Crippen molar-refractivity contribution in [2.75, 3.05) is 5.75 Å². The smallest absolute Gasteiger partial charge is 0.188 e. The van der Waals surface area contributed by atoms with Crippen LogP contribution in [0.1, 0.15) is 10.4 Å². The lowest BCUT2D eigenvalue weighted by atomic mass is 10.1. The molecule has 0 atom stereocenters. The van der Waals surface area contributed by atoms with Crippen molar-refractivity contribution in [2.45, 2.75) is 4.90 Å². The van der Waals surface area contributed by atoms with Crippen LogP contribution >= 0.6 is 15.9 Å². The van der Waals surface area contributed by atoms with Crippen LogP contribution in [0, 0.1) is 11.6 Å². The fourth-order valence-corrected chi connectivity index (χ4v) is 3.54. The number of halogens is 3. The number of Topliss-reactive ketones (excluding diaryl/α,β-unsaturated/α-hetero) is 1. The molecule has 0 aliphatic heterocycles. The minimum atomic E-state index is -4.18. The molecule has 0 fully saturated rings. The summed E-state index contributed by atoms with van der Waals surface area (Å²) in [5, 5.41) is 0. The maximum Gasteiger partial charge on any atom is 0.188 e. The molecule has 0 bridgehead atoms. The molecule has 0 aromatic heterocycles. The van der Waals surface area contributed by atoms with Crippen LogP contribution in [0.15, 0.2) is 51.8 Å². The Morgan fingerprint density at radius 2 is 1.76 bits per heavy atom. The highest BCUT2D eigenvalue weighted by molar-refractivity contribution is 9.10. The van der Waals surface area contributed by atoms with Gasteiger partial charge in [0.15, 0.2) is 15.6 Å². The normalized spacial score (nSPS) is 11.4. The second-order valence-electron chi connectivity index (χ2n) is 4.24. The topological polar surface area (TPSA) is 51.2 Å². The van der Waals surface area contributed by atoms with E-state index in [9.17, 15) is 22.0 Å². The first-order valence-electron chi connectivity index (χ1n) is 5.77. The Kier molecular flexibility index (Phi) is 4.53. The van der Waals surface area contributed by atoms with E-state index in [0.29, 0.717) is 10.5 Å². The Bertz CT molecular complexity index is 804. The van der Waals surface area contributed by atoms with E-state index in [1.807, 2.05) is 0 Å². The van der Waals surface area contributed by atoms with Gasteiger partial charge in [-0.2, -0.15) is 0 Å². The van der Waals surface area contributed by atoms with Crippen LogP contribution in [0.3, 0.4) is 0 Å². The van der Waals surface area contributed by atoms with Crippen LogP contribution < -0.4 is 0 Å². The first kappa shape index (κ1) is 15.8. The van der Waals surface area contributed by atoms with E-state index in [2.05, 4.69) is 15.9 Å². The summed E-state index contributed by atoms with van der Waals surface area (Å²) in [5.41, 5.74) is 0.184. The Labute approximate surface area is 128 Å². The fraction of sp³-hybridized carbons (Fsp3) is 0.0714. The van der Waals surface area contributed by atoms with Crippen LogP contribution in [0.2, 0.25) is 0 Å². The lowest BCUT2D eigenvalue weighted by molar-refractivity contribution is 0.102. The summed E-state index contributed by atoms with van der Waals surface area (Å²) in [6.07, 6.45) is 0. The Morgan fingerprint density at radius 3 is 2.38 bits per heavy atom. The van der Waals surface area contributed by atoms with Gasteiger partial charge in [-0.05, 0) is 18.2 Å². The number of hydrogen-bond donors (Lipinski definition) is 0. The number of rotatable bonds is 4. The van der Waals surface area contributed by atoms with Crippen molar-refractivity contribution in [3.8, 4) is 0 Å². The van der Waals surface area contributed by atoms with Gasteiger partial charge in [-0.1, -0.05) is 34.1 Å². The van der Waals surface area contributed by atoms with Crippen LogP contribution in [0.4, 0.5) is 8.78 Å². The molecule has 0 amide bonds. The second-order valence-corrected chi connectivity index (χ2v) is 7.05. The molecule has 0 unspecified atom stereocenters. The Balaban J connectivity index is 2.34. The van der Waals surface area contributed by atoms with E-state index < -0.39 is 37.9 Å². The van der Waals surface area contributed by atoms with Crippen molar-refractivity contribution < 1.29 is 22.0 Å². The summed E-state index contributed by atoms with van der Waals surface area (Å²) in [6, 6.07) is 8.43. The van der Waals surface area contributed by atoms with Gasteiger partial charge < -0.3 is 0 Å². The van der Waals surface area contributed by atoms with Gasteiger partial charge in [0.05, 0.1) is 0 Å². The number of sulfone groups is 1. The summed E-state index contributed by atoms with van der Waals surface area (Å²) in [6.45, 7) is 0. The lowest BCUT2D eigenvalue weighted by Crippen LogP contribution is -2.18. The summed E-state index contributed by atoms with van der Waals surface area (Å²) >= 11 is 3.15. The molecule has 2 aromatic carbocycles. The molecule has 0 saturated carbocycles. The van der Waals surface area contributed by atoms with Gasteiger partial charge in [-0.15, -0.1) is 0 Å². The summed E-state index contributed by atoms with van der Waals surface area (Å²) in [5.74, 6) is -3.66. The molecule has 0 heterocycles. The molecule has 0 aliphatic carbocycles. The highest BCUT2D eigenvalue weighted by Crippen LogP contribution is 2.21. The van der Waals surface area contributed by atoms with Crippen molar-refractivity contribution >= 4 is 31.6 Å². The van der Waals surface area contributed by atoms with Crippen molar-refractivity contribution in [3.63, 3.8) is 0 Å². The van der Waals surface area contributed by atoms with Crippen molar-refractivity contribution in [2.24, 2.45) is 0 Å². The minimum Gasteiger partial charge on any atom is -0.293 e. The third kappa shape index (κ3) is 3.54.